The molecule has 29 heavy (non-hydrogen) atoms. The Hall–Kier alpha value is -2.56. The van der Waals surface area contributed by atoms with Gasteiger partial charge in [-0.25, -0.2) is 0 Å². The maximum absolute atomic E-state index is 13.1. The van der Waals surface area contributed by atoms with E-state index in [4.69, 9.17) is 0 Å². The van der Waals surface area contributed by atoms with Crippen LogP contribution in [0, 0.1) is 0 Å². The molecule has 0 radical (unpaired) electrons. The Labute approximate surface area is 177 Å². The first-order chi connectivity index (χ1) is 14.3. The first-order valence-electron chi connectivity index (χ1n) is 10.1. The molecule has 148 valence electrons. The molecule has 1 N–H and O–H groups in total. The Kier molecular flexibility index (Phi) is 6.33. The van der Waals surface area contributed by atoms with Gasteiger partial charge in [0.05, 0.1) is 31.7 Å². The first-order valence-corrected chi connectivity index (χ1v) is 11.4. The number of rotatable bonds is 5. The zero-order chi connectivity index (χ0) is 20.1. The lowest BCUT2D eigenvalue weighted by atomic mass is 9.96. The molecule has 0 aromatic heterocycles. The summed E-state index contributed by atoms with van der Waals surface area (Å²) in [6.45, 7) is 3.46. The van der Waals surface area contributed by atoms with Crippen LogP contribution in [0.3, 0.4) is 0 Å². The molecule has 0 atom stereocenters. The standard InChI is InChI=1S/C25H26N2OS/c1-29-23-15-9-8-14-22(23)25(28)27-18-16-26(17-19-27)24(20-10-4-2-5-11-20)21-12-6-3-7-13-21/h2-15,24H,16-19H2,1H3/p+1. The molecule has 1 saturated heterocycles. The van der Waals surface area contributed by atoms with E-state index in [-0.39, 0.29) is 5.91 Å². The number of hydrogen-bond acceptors (Lipinski definition) is 2. The van der Waals surface area contributed by atoms with Crippen LogP contribution in [-0.4, -0.2) is 43.2 Å². The third-order valence-corrected chi connectivity index (χ3v) is 6.50. The molecule has 0 bridgehead atoms. The molecule has 1 amide bonds. The molecule has 0 spiro atoms. The molecule has 3 aromatic carbocycles. The molecule has 0 unspecified atom stereocenters. The smallest absolute Gasteiger partial charge is 0.255 e. The third-order valence-electron chi connectivity index (χ3n) is 5.70. The fourth-order valence-electron chi connectivity index (χ4n) is 4.23. The molecule has 1 fully saturated rings. The number of nitrogens with zero attached hydrogens (tertiary/aromatic N) is 1. The van der Waals surface area contributed by atoms with Crippen LogP contribution in [0.2, 0.25) is 0 Å². The Balaban J connectivity index is 1.52. The second kappa shape index (κ2) is 9.29. The van der Waals surface area contributed by atoms with Crippen molar-refractivity contribution in [3.05, 3.63) is 102 Å². The number of piperazine rings is 1. The Bertz CT molecular complexity index is 898. The lowest BCUT2D eigenvalue weighted by Crippen LogP contribution is -3.15. The third kappa shape index (κ3) is 4.39. The number of thioether (sulfide) groups is 1. The monoisotopic (exact) mass is 403 g/mol. The van der Waals surface area contributed by atoms with Crippen molar-refractivity contribution in [2.45, 2.75) is 10.9 Å². The van der Waals surface area contributed by atoms with Gasteiger partial charge in [-0.2, -0.15) is 0 Å². The maximum Gasteiger partial charge on any atom is 0.255 e. The number of benzene rings is 3. The maximum atomic E-state index is 13.1. The predicted molar refractivity (Wildman–Crippen MR) is 120 cm³/mol. The van der Waals surface area contributed by atoms with E-state index < -0.39 is 0 Å². The molecule has 0 aliphatic carbocycles. The fourth-order valence-corrected chi connectivity index (χ4v) is 4.82. The molecule has 4 heteroatoms. The summed E-state index contributed by atoms with van der Waals surface area (Å²) in [5.41, 5.74) is 3.49. The van der Waals surface area contributed by atoms with Gasteiger partial charge < -0.3 is 9.80 Å². The SMILES string of the molecule is CSc1ccccc1C(=O)N1CC[NH+](C(c2ccccc2)c2ccccc2)CC1. The Morgan fingerprint density at radius 2 is 1.34 bits per heavy atom. The van der Waals surface area contributed by atoms with Crippen molar-refractivity contribution in [3.63, 3.8) is 0 Å². The van der Waals surface area contributed by atoms with E-state index in [2.05, 4.69) is 60.7 Å². The predicted octanol–water partition coefficient (Wildman–Crippen LogP) is 3.54. The lowest BCUT2D eigenvalue weighted by molar-refractivity contribution is -0.929. The minimum atomic E-state index is 0.157. The number of carbonyl (C=O) groups is 1. The summed E-state index contributed by atoms with van der Waals surface area (Å²) >= 11 is 1.64. The summed E-state index contributed by atoms with van der Waals surface area (Å²) in [5.74, 6) is 0.157. The highest BCUT2D eigenvalue weighted by Gasteiger charge is 2.32. The number of quaternary nitrogens is 1. The van der Waals surface area contributed by atoms with Crippen molar-refractivity contribution in [3.8, 4) is 0 Å². The number of carbonyl (C=O) groups excluding carboxylic acids is 1. The van der Waals surface area contributed by atoms with E-state index in [1.165, 1.54) is 16.0 Å². The van der Waals surface area contributed by atoms with Gasteiger partial charge in [0.1, 0.15) is 6.04 Å². The summed E-state index contributed by atoms with van der Waals surface area (Å²) in [4.78, 5) is 17.7. The Morgan fingerprint density at radius 1 is 0.828 bits per heavy atom. The molecule has 1 aliphatic rings. The van der Waals surface area contributed by atoms with Crippen LogP contribution in [-0.2, 0) is 0 Å². The van der Waals surface area contributed by atoms with Crippen LogP contribution in [0.25, 0.3) is 0 Å². The molecule has 3 nitrogen and oxygen atoms in total. The molecule has 1 heterocycles. The van der Waals surface area contributed by atoms with Gasteiger partial charge in [0.25, 0.3) is 5.91 Å². The van der Waals surface area contributed by atoms with Crippen molar-refractivity contribution < 1.29 is 9.69 Å². The average molecular weight is 404 g/mol. The molecule has 4 rings (SSSR count). The van der Waals surface area contributed by atoms with Crippen LogP contribution < -0.4 is 4.90 Å². The molecule has 1 aliphatic heterocycles. The van der Waals surface area contributed by atoms with Gasteiger partial charge >= 0.3 is 0 Å². The minimum Gasteiger partial charge on any atom is -0.327 e. The molecule has 3 aromatic rings. The van der Waals surface area contributed by atoms with Crippen molar-refractivity contribution >= 4 is 17.7 Å². The van der Waals surface area contributed by atoms with Gasteiger partial charge in [-0.05, 0) is 18.4 Å². The summed E-state index contributed by atoms with van der Waals surface area (Å²) in [5, 5.41) is 0. The van der Waals surface area contributed by atoms with E-state index >= 15 is 0 Å². The number of amides is 1. The second-order valence-electron chi connectivity index (χ2n) is 7.41. The van der Waals surface area contributed by atoms with E-state index in [1.54, 1.807) is 11.8 Å². The normalized spacial score (nSPS) is 14.9. The highest BCUT2D eigenvalue weighted by Crippen LogP contribution is 2.22. The number of nitrogens with one attached hydrogen (secondary N) is 1. The first kappa shape index (κ1) is 19.7. The van der Waals surface area contributed by atoms with Crippen LogP contribution >= 0.6 is 11.8 Å². The van der Waals surface area contributed by atoms with E-state index in [1.807, 2.05) is 35.4 Å². The zero-order valence-corrected chi connectivity index (χ0v) is 17.6. The van der Waals surface area contributed by atoms with Crippen molar-refractivity contribution in [2.24, 2.45) is 0 Å². The fraction of sp³-hybridized carbons (Fsp3) is 0.240. The lowest BCUT2D eigenvalue weighted by Gasteiger charge is -2.37. The van der Waals surface area contributed by atoms with Crippen LogP contribution in [0.5, 0.6) is 0 Å². The quantitative estimate of drug-likeness (QED) is 0.659. The summed E-state index contributed by atoms with van der Waals surface area (Å²) in [7, 11) is 0. The zero-order valence-electron chi connectivity index (χ0n) is 16.8. The van der Waals surface area contributed by atoms with Crippen LogP contribution in [0.4, 0.5) is 0 Å². The van der Waals surface area contributed by atoms with Gasteiger partial charge in [0.15, 0.2) is 0 Å². The van der Waals surface area contributed by atoms with Crippen LogP contribution in [0.15, 0.2) is 89.8 Å². The van der Waals surface area contributed by atoms with E-state index in [0.29, 0.717) is 6.04 Å². The van der Waals surface area contributed by atoms with Crippen molar-refractivity contribution in [1.29, 1.82) is 0 Å². The van der Waals surface area contributed by atoms with Crippen molar-refractivity contribution in [2.75, 3.05) is 32.4 Å². The topological polar surface area (TPSA) is 24.8 Å². The van der Waals surface area contributed by atoms with Gasteiger partial charge in [0, 0.05) is 16.0 Å². The summed E-state index contributed by atoms with van der Waals surface area (Å²) in [6.07, 6.45) is 2.03. The summed E-state index contributed by atoms with van der Waals surface area (Å²) in [6, 6.07) is 29.7. The van der Waals surface area contributed by atoms with Gasteiger partial charge in [-0.1, -0.05) is 72.8 Å². The number of hydrogen-bond donors (Lipinski definition) is 1. The molecular formula is C25H27N2OS+. The second-order valence-corrected chi connectivity index (χ2v) is 8.25. The van der Waals surface area contributed by atoms with Gasteiger partial charge in [-0.3, -0.25) is 4.79 Å². The van der Waals surface area contributed by atoms with E-state index in [9.17, 15) is 4.79 Å². The van der Waals surface area contributed by atoms with Crippen LogP contribution in [0.1, 0.15) is 27.5 Å². The largest absolute Gasteiger partial charge is 0.327 e. The highest BCUT2D eigenvalue weighted by molar-refractivity contribution is 7.98. The molecule has 0 saturated carbocycles. The summed E-state index contributed by atoms with van der Waals surface area (Å²) < 4.78 is 0. The van der Waals surface area contributed by atoms with Gasteiger partial charge in [0.2, 0.25) is 0 Å². The minimum absolute atomic E-state index is 0.157. The molecular weight excluding hydrogens is 376 g/mol. The van der Waals surface area contributed by atoms with E-state index in [0.717, 1.165) is 36.6 Å². The Morgan fingerprint density at radius 3 is 1.90 bits per heavy atom. The average Bonchev–Trinajstić information content (AvgIpc) is 2.81. The van der Waals surface area contributed by atoms with Crippen molar-refractivity contribution in [1.82, 2.24) is 4.90 Å². The highest BCUT2D eigenvalue weighted by atomic mass is 32.2. The van der Waals surface area contributed by atoms with Gasteiger partial charge in [-0.15, -0.1) is 11.8 Å².